The highest BCUT2D eigenvalue weighted by Crippen LogP contribution is 1.45. The molecule has 1 radical (unpaired) electrons. The summed E-state index contributed by atoms with van der Waals surface area (Å²) in [5, 5.41) is 2.89. The number of hydrogen-bond donors (Lipinski definition) is 1. The van der Waals surface area contributed by atoms with Gasteiger partial charge in [0.05, 0.1) is 6.92 Å². The highest BCUT2D eigenvalue weighted by molar-refractivity contribution is 4.46. The topological polar surface area (TPSA) is 12.0 Å². The quantitative estimate of drug-likeness (QED) is 0.460. The third-order valence-corrected chi connectivity index (χ3v) is 0.354. The van der Waals surface area contributed by atoms with Crippen molar-refractivity contribution in [2.24, 2.45) is 0 Å². The van der Waals surface area contributed by atoms with Crippen LogP contribution in [0.3, 0.4) is 0 Å². The van der Waals surface area contributed by atoms with Gasteiger partial charge in [-0.25, -0.2) is 0 Å². The second-order valence-electron chi connectivity index (χ2n) is 0.750. The van der Waals surface area contributed by atoms with Crippen molar-refractivity contribution in [3.8, 4) is 0 Å². The number of rotatable bonds is 2. The van der Waals surface area contributed by atoms with Crippen LogP contribution in [-0.4, -0.2) is 13.1 Å². The van der Waals surface area contributed by atoms with Crippen LogP contribution in [0.25, 0.3) is 0 Å². The van der Waals surface area contributed by atoms with Gasteiger partial charge in [0.1, 0.15) is 6.54 Å². The van der Waals surface area contributed by atoms with Crippen LogP contribution in [0.15, 0.2) is 0 Å². The zero-order valence-electron chi connectivity index (χ0n) is 3.33. The van der Waals surface area contributed by atoms with Crippen LogP contribution >= 0.6 is 0 Å². The first kappa shape index (κ1) is 4.83. The van der Waals surface area contributed by atoms with E-state index < -0.39 is 0 Å². The molecule has 0 amide bonds. The summed E-state index contributed by atoms with van der Waals surface area (Å²) in [4.78, 5) is 0. The molecule has 0 fully saturated rings. The van der Waals surface area contributed by atoms with E-state index in [9.17, 15) is 0 Å². The van der Waals surface area contributed by atoms with Crippen molar-refractivity contribution in [1.82, 2.24) is 5.32 Å². The number of hydrogen-bond acceptors (Lipinski definition) is 1. The maximum atomic E-state index is 3.52. The molecule has 0 saturated carbocycles. The summed E-state index contributed by atoms with van der Waals surface area (Å²) in [5.74, 6) is 0. The smallest absolute Gasteiger partial charge is 0.136 e. The molecule has 0 unspecified atom stereocenters. The number of nitrogens with one attached hydrogen (secondary N) is 1. The predicted octanol–water partition coefficient (Wildman–Crippen LogP) is 0.244. The Labute approximate surface area is 33.4 Å². The summed E-state index contributed by atoms with van der Waals surface area (Å²) in [6.45, 7) is 8.61. The molecule has 1 nitrogen and oxygen atoms in total. The minimum absolute atomic E-state index is 0.781. The Kier molecular flexibility index (Phi) is 3.70. The first-order valence-electron chi connectivity index (χ1n) is 1.71. The Morgan fingerprint density at radius 2 is 2.40 bits per heavy atom. The van der Waals surface area contributed by atoms with Crippen LogP contribution < -0.4 is 5.32 Å². The Hall–Kier alpha value is -0.170. The van der Waals surface area contributed by atoms with Crippen molar-refractivity contribution >= 4 is 0 Å². The molecule has 29 valence electrons. The average molecular weight is 71.1 g/mol. The lowest BCUT2D eigenvalue weighted by atomic mass is 10.7. The summed E-state index contributed by atoms with van der Waals surface area (Å²) in [6, 6.07) is 0. The highest BCUT2D eigenvalue weighted by atomic mass is 14.8. The molecular formula is C4H9N+. The van der Waals surface area contributed by atoms with E-state index in [1.807, 2.05) is 0 Å². The standard InChI is InChI=1S/C4H9N/c1-3-5-4-2/h5H,1-4H2/q+1. The molecule has 1 heteroatoms. The Balaban J connectivity index is 2.19. The molecule has 0 aliphatic carbocycles. The predicted molar refractivity (Wildman–Crippen MR) is 23.6 cm³/mol. The lowest BCUT2D eigenvalue weighted by Gasteiger charge is -1.80. The average Bonchev–Trinajstić information content (AvgIpc) is 1.41. The van der Waals surface area contributed by atoms with E-state index in [1.165, 1.54) is 0 Å². The molecule has 0 aliphatic heterocycles. The van der Waals surface area contributed by atoms with E-state index in [2.05, 4.69) is 19.2 Å². The molecule has 0 aromatic heterocycles. The molecule has 0 rings (SSSR count). The third-order valence-electron chi connectivity index (χ3n) is 0.354. The van der Waals surface area contributed by atoms with E-state index in [1.54, 1.807) is 0 Å². The van der Waals surface area contributed by atoms with E-state index in [0.29, 0.717) is 0 Å². The molecule has 1 N–H and O–H groups in total. The fourth-order valence-corrected chi connectivity index (χ4v) is 0.125. The minimum atomic E-state index is 0.781. The molecule has 0 bridgehead atoms. The molecule has 0 aromatic rings. The molecule has 0 aliphatic rings. The van der Waals surface area contributed by atoms with Crippen LogP contribution in [-0.2, 0) is 0 Å². The maximum Gasteiger partial charge on any atom is 0.136 e. The van der Waals surface area contributed by atoms with Crippen LogP contribution in [0, 0.1) is 13.8 Å². The van der Waals surface area contributed by atoms with Crippen LogP contribution in [0.5, 0.6) is 0 Å². The van der Waals surface area contributed by atoms with Crippen molar-refractivity contribution in [3.05, 3.63) is 13.8 Å². The third kappa shape index (κ3) is 3.83. The van der Waals surface area contributed by atoms with E-state index in [4.69, 9.17) is 0 Å². The van der Waals surface area contributed by atoms with Crippen molar-refractivity contribution < 1.29 is 0 Å². The molecule has 0 atom stereocenters. The fraction of sp³-hybridized carbons (Fsp3) is 0.500. The first-order chi connectivity index (χ1) is 2.41. The van der Waals surface area contributed by atoms with E-state index in [0.717, 1.165) is 13.1 Å². The molecule has 0 spiro atoms. The van der Waals surface area contributed by atoms with Gasteiger partial charge in [-0.05, 0) is 13.5 Å². The van der Waals surface area contributed by atoms with E-state index >= 15 is 0 Å². The van der Waals surface area contributed by atoms with Gasteiger partial charge in [0.2, 0.25) is 0 Å². The van der Waals surface area contributed by atoms with Gasteiger partial charge in [0.15, 0.2) is 0 Å². The van der Waals surface area contributed by atoms with Crippen LogP contribution in [0.2, 0.25) is 0 Å². The minimum Gasteiger partial charge on any atom is -0.279 e. The Morgan fingerprint density at radius 1 is 1.80 bits per heavy atom. The highest BCUT2D eigenvalue weighted by Gasteiger charge is 1.69. The fourth-order valence-electron chi connectivity index (χ4n) is 0.125. The van der Waals surface area contributed by atoms with Gasteiger partial charge in [0.25, 0.3) is 0 Å². The summed E-state index contributed by atoms with van der Waals surface area (Å²) in [6.07, 6.45) is 0. The lowest BCUT2D eigenvalue weighted by Crippen LogP contribution is -2.10. The van der Waals surface area contributed by atoms with Crippen molar-refractivity contribution in [1.29, 1.82) is 0 Å². The van der Waals surface area contributed by atoms with Gasteiger partial charge >= 0.3 is 0 Å². The molecule has 0 heterocycles. The van der Waals surface area contributed by atoms with Crippen molar-refractivity contribution in [2.45, 2.75) is 0 Å². The van der Waals surface area contributed by atoms with Crippen LogP contribution in [0.4, 0.5) is 0 Å². The Bertz CT molecular complexity index is 11.1. The summed E-state index contributed by atoms with van der Waals surface area (Å²) < 4.78 is 0. The molecule has 5 heavy (non-hydrogen) atoms. The zero-order chi connectivity index (χ0) is 4.12. The van der Waals surface area contributed by atoms with E-state index in [-0.39, 0.29) is 0 Å². The SMILES string of the molecule is [CH2]CNC[CH2+]. The summed E-state index contributed by atoms with van der Waals surface area (Å²) in [7, 11) is 0. The lowest BCUT2D eigenvalue weighted by molar-refractivity contribution is 0.839. The van der Waals surface area contributed by atoms with Gasteiger partial charge in [0, 0.05) is 0 Å². The zero-order valence-corrected chi connectivity index (χ0v) is 3.33. The monoisotopic (exact) mass is 71.1 g/mol. The molecule has 0 saturated heterocycles. The van der Waals surface area contributed by atoms with Gasteiger partial charge in [-0.1, -0.05) is 0 Å². The summed E-state index contributed by atoms with van der Waals surface area (Å²) >= 11 is 0. The van der Waals surface area contributed by atoms with Gasteiger partial charge in [-0.3, -0.25) is 5.32 Å². The Morgan fingerprint density at radius 3 is 2.40 bits per heavy atom. The van der Waals surface area contributed by atoms with Gasteiger partial charge < -0.3 is 0 Å². The second kappa shape index (κ2) is 3.83. The van der Waals surface area contributed by atoms with Crippen molar-refractivity contribution in [3.63, 3.8) is 0 Å². The second-order valence-corrected chi connectivity index (χ2v) is 0.750. The normalized spacial score (nSPS) is 8.20. The molecular weight excluding hydrogens is 62.1 g/mol. The van der Waals surface area contributed by atoms with Gasteiger partial charge in [-0.15, -0.1) is 0 Å². The maximum absolute atomic E-state index is 3.52. The largest absolute Gasteiger partial charge is 0.279 e. The van der Waals surface area contributed by atoms with Crippen LogP contribution in [0.1, 0.15) is 0 Å². The van der Waals surface area contributed by atoms with Gasteiger partial charge in [-0.2, -0.15) is 0 Å². The molecule has 0 aromatic carbocycles. The first-order valence-corrected chi connectivity index (χ1v) is 1.71. The van der Waals surface area contributed by atoms with Crippen molar-refractivity contribution in [2.75, 3.05) is 13.1 Å². The summed E-state index contributed by atoms with van der Waals surface area (Å²) in [5.41, 5.74) is 0.